The summed E-state index contributed by atoms with van der Waals surface area (Å²) in [5.41, 5.74) is 0. The molecule has 2 heteroatoms. The van der Waals surface area contributed by atoms with Crippen LogP contribution in [0.4, 0.5) is 0 Å². The van der Waals surface area contributed by atoms with Gasteiger partial charge in [0, 0.05) is 5.92 Å². The Labute approximate surface area is 55.8 Å². The van der Waals surface area contributed by atoms with E-state index in [1.165, 1.54) is 0 Å². The molecule has 0 radical (unpaired) electrons. The second kappa shape index (κ2) is 2.67. The molecule has 0 spiro atoms. The van der Waals surface area contributed by atoms with Gasteiger partial charge in [0.15, 0.2) is 0 Å². The molecule has 0 unspecified atom stereocenters. The fourth-order valence-electron chi connectivity index (χ4n) is 1.20. The van der Waals surface area contributed by atoms with Crippen LogP contribution in [0.2, 0.25) is 0 Å². The average molecular weight is 130 g/mol. The van der Waals surface area contributed by atoms with E-state index in [2.05, 4.69) is 13.8 Å². The Hall–Kier alpha value is -0.0800. The van der Waals surface area contributed by atoms with Crippen LogP contribution in [0.25, 0.3) is 0 Å². The topological polar surface area (TPSA) is 29.5 Å². The molecule has 2 nitrogen and oxygen atoms in total. The van der Waals surface area contributed by atoms with Crippen LogP contribution in [0.5, 0.6) is 0 Å². The Kier molecular flexibility index (Phi) is 2.09. The first kappa shape index (κ1) is 7.03. The Morgan fingerprint density at radius 3 is 2.33 bits per heavy atom. The SMILES string of the molecule is CC(C)[C@@H]1COC[C@H]1O. The summed E-state index contributed by atoms with van der Waals surface area (Å²) in [4.78, 5) is 0. The molecule has 0 aliphatic carbocycles. The lowest BCUT2D eigenvalue weighted by Crippen LogP contribution is -2.22. The summed E-state index contributed by atoms with van der Waals surface area (Å²) in [5, 5.41) is 9.23. The first-order chi connectivity index (χ1) is 4.22. The van der Waals surface area contributed by atoms with Crippen LogP contribution in [0.3, 0.4) is 0 Å². The lowest BCUT2D eigenvalue weighted by Gasteiger charge is -2.15. The molecule has 1 aliphatic heterocycles. The third-order valence-electron chi connectivity index (χ3n) is 1.95. The summed E-state index contributed by atoms with van der Waals surface area (Å²) in [5.74, 6) is 0.910. The molecular weight excluding hydrogens is 116 g/mol. The van der Waals surface area contributed by atoms with Gasteiger partial charge in [0.05, 0.1) is 19.3 Å². The monoisotopic (exact) mass is 130 g/mol. The summed E-state index contributed by atoms with van der Waals surface area (Å²) in [6.45, 7) is 5.49. The molecule has 0 aromatic carbocycles. The molecule has 0 bridgehead atoms. The van der Waals surface area contributed by atoms with Gasteiger partial charge in [0.25, 0.3) is 0 Å². The zero-order chi connectivity index (χ0) is 6.85. The summed E-state index contributed by atoms with van der Waals surface area (Å²) >= 11 is 0. The molecule has 1 heterocycles. The van der Waals surface area contributed by atoms with Gasteiger partial charge >= 0.3 is 0 Å². The van der Waals surface area contributed by atoms with E-state index >= 15 is 0 Å². The van der Waals surface area contributed by atoms with Gasteiger partial charge in [-0.05, 0) is 5.92 Å². The van der Waals surface area contributed by atoms with Gasteiger partial charge in [-0.25, -0.2) is 0 Å². The number of hydrogen-bond donors (Lipinski definition) is 1. The zero-order valence-electron chi connectivity index (χ0n) is 6.00. The molecule has 0 amide bonds. The largest absolute Gasteiger partial charge is 0.390 e. The summed E-state index contributed by atoms with van der Waals surface area (Å²) in [7, 11) is 0. The summed E-state index contributed by atoms with van der Waals surface area (Å²) in [6.07, 6.45) is -0.218. The van der Waals surface area contributed by atoms with E-state index in [0.717, 1.165) is 6.61 Å². The van der Waals surface area contributed by atoms with Crippen molar-refractivity contribution < 1.29 is 9.84 Å². The molecule has 0 aromatic heterocycles. The highest BCUT2D eigenvalue weighted by molar-refractivity contribution is 4.75. The van der Waals surface area contributed by atoms with Crippen molar-refractivity contribution in [1.82, 2.24) is 0 Å². The van der Waals surface area contributed by atoms with Crippen LogP contribution in [0.1, 0.15) is 13.8 Å². The van der Waals surface area contributed by atoms with Gasteiger partial charge < -0.3 is 9.84 Å². The number of aliphatic hydroxyl groups is 1. The second-order valence-electron chi connectivity index (χ2n) is 3.01. The van der Waals surface area contributed by atoms with E-state index in [0.29, 0.717) is 18.4 Å². The normalized spacial score (nSPS) is 36.0. The van der Waals surface area contributed by atoms with Crippen LogP contribution < -0.4 is 0 Å². The molecule has 0 saturated carbocycles. The van der Waals surface area contributed by atoms with E-state index in [4.69, 9.17) is 4.74 Å². The fraction of sp³-hybridized carbons (Fsp3) is 1.00. The van der Waals surface area contributed by atoms with Crippen LogP contribution in [-0.2, 0) is 4.74 Å². The quantitative estimate of drug-likeness (QED) is 0.564. The summed E-state index contributed by atoms with van der Waals surface area (Å²) < 4.78 is 5.08. The lowest BCUT2D eigenvalue weighted by atomic mass is 9.93. The van der Waals surface area contributed by atoms with Crippen LogP contribution in [0, 0.1) is 11.8 Å². The smallest absolute Gasteiger partial charge is 0.0826 e. The van der Waals surface area contributed by atoms with Crippen molar-refractivity contribution in [2.75, 3.05) is 13.2 Å². The van der Waals surface area contributed by atoms with E-state index < -0.39 is 0 Å². The lowest BCUT2D eigenvalue weighted by molar-refractivity contribution is 0.109. The number of rotatable bonds is 1. The molecule has 1 rings (SSSR count). The standard InChI is InChI=1S/C7H14O2/c1-5(2)6-3-9-4-7(6)8/h5-8H,3-4H2,1-2H3/t6-,7+/m0/s1. The van der Waals surface area contributed by atoms with Crippen LogP contribution >= 0.6 is 0 Å². The zero-order valence-corrected chi connectivity index (χ0v) is 6.00. The molecule has 54 valence electrons. The highest BCUT2D eigenvalue weighted by Gasteiger charge is 2.28. The Morgan fingerprint density at radius 1 is 1.44 bits per heavy atom. The van der Waals surface area contributed by atoms with Crippen molar-refractivity contribution in [1.29, 1.82) is 0 Å². The first-order valence-electron chi connectivity index (χ1n) is 3.47. The highest BCUT2D eigenvalue weighted by Crippen LogP contribution is 2.21. The van der Waals surface area contributed by atoms with Crippen molar-refractivity contribution in [2.45, 2.75) is 20.0 Å². The van der Waals surface area contributed by atoms with E-state index in [9.17, 15) is 5.11 Å². The maximum Gasteiger partial charge on any atom is 0.0826 e. The Bertz CT molecular complexity index is 90.9. The summed E-state index contributed by atoms with van der Waals surface area (Å²) in [6, 6.07) is 0. The molecule has 2 atom stereocenters. The Morgan fingerprint density at radius 2 is 2.11 bits per heavy atom. The van der Waals surface area contributed by atoms with E-state index in [1.54, 1.807) is 0 Å². The molecule has 1 saturated heterocycles. The van der Waals surface area contributed by atoms with E-state index in [1.807, 2.05) is 0 Å². The molecule has 9 heavy (non-hydrogen) atoms. The van der Waals surface area contributed by atoms with Crippen molar-refractivity contribution >= 4 is 0 Å². The maximum absolute atomic E-state index is 9.23. The molecule has 0 aromatic rings. The number of ether oxygens (including phenoxy) is 1. The van der Waals surface area contributed by atoms with Gasteiger partial charge in [0.1, 0.15) is 0 Å². The number of hydrogen-bond acceptors (Lipinski definition) is 2. The van der Waals surface area contributed by atoms with Crippen molar-refractivity contribution in [2.24, 2.45) is 11.8 Å². The average Bonchev–Trinajstić information content (AvgIpc) is 2.13. The third kappa shape index (κ3) is 1.43. The minimum Gasteiger partial charge on any atom is -0.390 e. The predicted octanol–water partition coefficient (Wildman–Crippen LogP) is 0.650. The minimum atomic E-state index is -0.218. The van der Waals surface area contributed by atoms with Gasteiger partial charge in [-0.15, -0.1) is 0 Å². The fourth-order valence-corrected chi connectivity index (χ4v) is 1.20. The minimum absolute atomic E-state index is 0.218. The maximum atomic E-state index is 9.23. The number of aliphatic hydroxyl groups excluding tert-OH is 1. The van der Waals surface area contributed by atoms with Crippen LogP contribution in [0.15, 0.2) is 0 Å². The van der Waals surface area contributed by atoms with Gasteiger partial charge in [-0.3, -0.25) is 0 Å². The van der Waals surface area contributed by atoms with Gasteiger partial charge in [-0.1, -0.05) is 13.8 Å². The van der Waals surface area contributed by atoms with Gasteiger partial charge in [0.2, 0.25) is 0 Å². The molecule has 1 fully saturated rings. The first-order valence-corrected chi connectivity index (χ1v) is 3.47. The van der Waals surface area contributed by atoms with Crippen molar-refractivity contribution in [3.05, 3.63) is 0 Å². The predicted molar refractivity (Wildman–Crippen MR) is 35.2 cm³/mol. The van der Waals surface area contributed by atoms with E-state index in [-0.39, 0.29) is 6.10 Å². The highest BCUT2D eigenvalue weighted by atomic mass is 16.5. The third-order valence-corrected chi connectivity index (χ3v) is 1.95. The van der Waals surface area contributed by atoms with Gasteiger partial charge in [-0.2, -0.15) is 0 Å². The second-order valence-corrected chi connectivity index (χ2v) is 3.01. The molecule has 1 N–H and O–H groups in total. The van der Waals surface area contributed by atoms with Crippen molar-refractivity contribution in [3.8, 4) is 0 Å². The van der Waals surface area contributed by atoms with Crippen LogP contribution in [-0.4, -0.2) is 24.4 Å². The molecular formula is C7H14O2. The molecule has 1 aliphatic rings. The Balaban J connectivity index is 2.40. The van der Waals surface area contributed by atoms with Crippen molar-refractivity contribution in [3.63, 3.8) is 0 Å².